The summed E-state index contributed by atoms with van der Waals surface area (Å²) in [5, 5.41) is 17.2. The highest BCUT2D eigenvalue weighted by atomic mass is 32.1. The van der Waals surface area contributed by atoms with Gasteiger partial charge in [0, 0.05) is 18.4 Å². The predicted octanol–water partition coefficient (Wildman–Crippen LogP) is 6.58. The summed E-state index contributed by atoms with van der Waals surface area (Å²) in [5.74, 6) is 0.301. The zero-order valence-corrected chi connectivity index (χ0v) is 20.3. The molecule has 174 valence electrons. The Morgan fingerprint density at radius 2 is 1.79 bits per heavy atom. The molecule has 0 bridgehead atoms. The van der Waals surface area contributed by atoms with Crippen LogP contribution in [0.5, 0.6) is 0 Å². The van der Waals surface area contributed by atoms with Crippen molar-refractivity contribution in [3.63, 3.8) is 0 Å². The van der Waals surface area contributed by atoms with Gasteiger partial charge in [0.15, 0.2) is 5.13 Å². The van der Waals surface area contributed by atoms with Gasteiger partial charge in [-0.1, -0.05) is 79.6 Å². The van der Waals surface area contributed by atoms with E-state index in [1.807, 2.05) is 5.38 Å². The van der Waals surface area contributed by atoms with Gasteiger partial charge in [-0.2, -0.15) is 0 Å². The molecule has 1 fully saturated rings. The number of nitrogens with zero attached hydrogens (tertiary/aromatic N) is 1. The lowest BCUT2D eigenvalue weighted by atomic mass is 9.70. The number of fused-ring (bicyclic) bond motifs is 1. The largest absolute Gasteiger partial charge is 0.396 e. The molecular formula is C29H30N2O2S. The van der Waals surface area contributed by atoms with Crippen molar-refractivity contribution in [1.29, 1.82) is 0 Å². The summed E-state index contributed by atoms with van der Waals surface area (Å²) >= 11 is 1.42. The Labute approximate surface area is 204 Å². The molecule has 0 radical (unpaired) electrons. The SMILES string of the molecule is CC(C(=O)Nc1nc(CCO)cs1)(c1ccc(-c2cccc3ccccc23)cc1)C1CCCC1. The topological polar surface area (TPSA) is 62.2 Å². The van der Waals surface area contributed by atoms with Crippen molar-refractivity contribution in [1.82, 2.24) is 4.98 Å². The summed E-state index contributed by atoms with van der Waals surface area (Å²) in [6.07, 6.45) is 4.95. The number of aliphatic hydroxyl groups excluding tert-OH is 1. The van der Waals surface area contributed by atoms with Crippen molar-refractivity contribution in [2.24, 2.45) is 5.92 Å². The number of carbonyl (C=O) groups excluding carboxylic acids is 1. The number of hydrogen-bond acceptors (Lipinski definition) is 4. The van der Waals surface area contributed by atoms with Crippen molar-refractivity contribution >= 4 is 33.1 Å². The van der Waals surface area contributed by atoms with Gasteiger partial charge in [-0.15, -0.1) is 11.3 Å². The summed E-state index contributed by atoms with van der Waals surface area (Å²) in [4.78, 5) is 18.2. The molecule has 1 amide bonds. The maximum Gasteiger partial charge on any atom is 0.236 e. The number of amides is 1. The second-order valence-corrected chi connectivity index (χ2v) is 10.2. The van der Waals surface area contributed by atoms with Gasteiger partial charge < -0.3 is 10.4 Å². The zero-order valence-electron chi connectivity index (χ0n) is 19.5. The van der Waals surface area contributed by atoms with Gasteiger partial charge in [0.1, 0.15) is 0 Å². The fourth-order valence-electron chi connectivity index (χ4n) is 5.35. The molecule has 0 saturated heterocycles. The van der Waals surface area contributed by atoms with E-state index in [4.69, 9.17) is 0 Å². The van der Waals surface area contributed by atoms with Crippen molar-refractivity contribution in [2.75, 3.05) is 11.9 Å². The van der Waals surface area contributed by atoms with Crippen LogP contribution in [0.4, 0.5) is 5.13 Å². The van der Waals surface area contributed by atoms with Crippen LogP contribution in [0.2, 0.25) is 0 Å². The molecule has 1 aliphatic carbocycles. The summed E-state index contributed by atoms with van der Waals surface area (Å²) in [7, 11) is 0. The molecule has 4 nitrogen and oxygen atoms in total. The highest BCUT2D eigenvalue weighted by molar-refractivity contribution is 7.13. The molecule has 1 heterocycles. The first kappa shape index (κ1) is 22.8. The summed E-state index contributed by atoms with van der Waals surface area (Å²) in [6.45, 7) is 2.15. The average Bonchev–Trinajstić information content (AvgIpc) is 3.56. The first-order valence-corrected chi connectivity index (χ1v) is 12.9. The van der Waals surface area contributed by atoms with Crippen molar-refractivity contribution in [3.05, 3.63) is 83.4 Å². The second-order valence-electron chi connectivity index (χ2n) is 9.36. The van der Waals surface area contributed by atoms with Gasteiger partial charge in [-0.05, 0) is 53.1 Å². The normalized spacial score (nSPS) is 15.9. The van der Waals surface area contributed by atoms with E-state index in [2.05, 4.69) is 84.0 Å². The molecule has 0 spiro atoms. The van der Waals surface area contributed by atoms with Crippen molar-refractivity contribution < 1.29 is 9.90 Å². The Kier molecular flexibility index (Phi) is 6.48. The fraction of sp³-hybridized carbons (Fsp3) is 0.310. The summed E-state index contributed by atoms with van der Waals surface area (Å²) in [6, 6.07) is 23.4. The van der Waals surface area contributed by atoms with Crippen LogP contribution in [0.1, 0.15) is 43.9 Å². The minimum Gasteiger partial charge on any atom is -0.396 e. The van der Waals surface area contributed by atoms with Crippen LogP contribution in [0.3, 0.4) is 0 Å². The molecule has 5 rings (SSSR count). The van der Waals surface area contributed by atoms with Crippen LogP contribution < -0.4 is 5.32 Å². The standard InChI is InChI=1S/C29H30N2O2S/c1-29(22-9-3-4-10-22,27(33)31-28-30-24(17-18-32)19-34-28)23-15-13-21(14-16-23)26-12-6-8-20-7-2-5-11-25(20)26/h2,5-8,11-16,19,22,32H,3-4,9-10,17-18H2,1H3,(H,30,31,33). The molecule has 4 aromatic rings. The highest BCUT2D eigenvalue weighted by Gasteiger charge is 2.44. The summed E-state index contributed by atoms with van der Waals surface area (Å²) < 4.78 is 0. The monoisotopic (exact) mass is 470 g/mol. The lowest BCUT2D eigenvalue weighted by Crippen LogP contribution is -2.43. The molecule has 3 aromatic carbocycles. The van der Waals surface area contributed by atoms with Crippen molar-refractivity contribution in [2.45, 2.75) is 44.4 Å². The Morgan fingerprint density at radius 3 is 2.56 bits per heavy atom. The van der Waals surface area contributed by atoms with Gasteiger partial charge >= 0.3 is 0 Å². The number of benzene rings is 3. The van der Waals surface area contributed by atoms with E-state index in [0.717, 1.165) is 29.7 Å². The van der Waals surface area contributed by atoms with Gasteiger partial charge in [0.05, 0.1) is 11.1 Å². The predicted molar refractivity (Wildman–Crippen MR) is 140 cm³/mol. The van der Waals surface area contributed by atoms with Crippen LogP contribution in [0.15, 0.2) is 72.1 Å². The smallest absolute Gasteiger partial charge is 0.236 e. The first-order chi connectivity index (χ1) is 16.6. The van der Waals surface area contributed by atoms with E-state index in [1.54, 1.807) is 0 Å². The average molecular weight is 471 g/mol. The number of aliphatic hydroxyl groups is 1. The maximum absolute atomic E-state index is 13.7. The molecule has 1 aliphatic rings. The van der Waals surface area contributed by atoms with Gasteiger partial charge in [0.25, 0.3) is 0 Å². The maximum atomic E-state index is 13.7. The quantitative estimate of drug-likeness (QED) is 0.320. The molecule has 2 N–H and O–H groups in total. The van der Waals surface area contributed by atoms with Crippen LogP contribution in [-0.4, -0.2) is 22.6 Å². The number of hydrogen-bond donors (Lipinski definition) is 2. The zero-order chi connectivity index (χ0) is 23.5. The van der Waals surface area contributed by atoms with Gasteiger partial charge in [0.2, 0.25) is 5.91 Å². The Balaban J connectivity index is 1.47. The van der Waals surface area contributed by atoms with E-state index in [0.29, 0.717) is 17.5 Å². The van der Waals surface area contributed by atoms with Crippen LogP contribution in [-0.2, 0) is 16.6 Å². The number of carbonyl (C=O) groups is 1. The van der Waals surface area contributed by atoms with Crippen LogP contribution in [0, 0.1) is 5.92 Å². The van der Waals surface area contributed by atoms with Crippen LogP contribution in [0.25, 0.3) is 21.9 Å². The molecular weight excluding hydrogens is 440 g/mol. The van der Waals surface area contributed by atoms with Gasteiger partial charge in [-0.25, -0.2) is 4.98 Å². The van der Waals surface area contributed by atoms with E-state index in [9.17, 15) is 9.90 Å². The van der Waals surface area contributed by atoms with Crippen molar-refractivity contribution in [3.8, 4) is 11.1 Å². The Bertz CT molecular complexity index is 1290. The molecule has 1 saturated carbocycles. The van der Waals surface area contributed by atoms with E-state index >= 15 is 0 Å². The van der Waals surface area contributed by atoms with E-state index in [-0.39, 0.29) is 12.5 Å². The number of aromatic nitrogens is 1. The Morgan fingerprint density at radius 1 is 1.06 bits per heavy atom. The number of anilines is 1. The van der Waals surface area contributed by atoms with Gasteiger partial charge in [-0.3, -0.25) is 4.79 Å². The number of nitrogens with one attached hydrogen (secondary N) is 1. The first-order valence-electron chi connectivity index (χ1n) is 12.0. The minimum absolute atomic E-state index is 0.00205. The lowest BCUT2D eigenvalue weighted by Gasteiger charge is -2.34. The molecule has 1 atom stereocenters. The molecule has 1 aromatic heterocycles. The Hall–Kier alpha value is -3.02. The second kappa shape index (κ2) is 9.69. The number of thiazole rings is 1. The number of rotatable bonds is 7. The lowest BCUT2D eigenvalue weighted by molar-refractivity contribution is -0.122. The minimum atomic E-state index is -0.628. The summed E-state index contributed by atoms with van der Waals surface area (Å²) in [5.41, 5.74) is 3.59. The molecule has 1 unspecified atom stereocenters. The fourth-order valence-corrected chi connectivity index (χ4v) is 6.09. The molecule has 0 aliphatic heterocycles. The van der Waals surface area contributed by atoms with E-state index in [1.165, 1.54) is 40.5 Å². The van der Waals surface area contributed by atoms with Crippen LogP contribution >= 0.6 is 11.3 Å². The van der Waals surface area contributed by atoms with E-state index < -0.39 is 5.41 Å². The highest BCUT2D eigenvalue weighted by Crippen LogP contribution is 2.44. The third kappa shape index (κ3) is 4.26. The molecule has 5 heteroatoms. The third-order valence-electron chi connectivity index (χ3n) is 7.37. The third-order valence-corrected chi connectivity index (χ3v) is 8.18. The molecule has 34 heavy (non-hydrogen) atoms.